The number of alkyl halides is 3. The number of nitrogens with zero attached hydrogens (tertiary/aromatic N) is 3. The molecule has 1 aromatic carbocycles. The number of carbonyl (C=O) groups excluding carboxylic acids is 1. The fraction of sp³-hybridized carbons (Fsp3) is 0.476. The monoisotopic (exact) mass is 534 g/mol. The second-order valence-corrected chi connectivity index (χ2v) is 10.8. The highest BCUT2D eigenvalue weighted by Crippen LogP contribution is 2.36. The third kappa shape index (κ3) is 6.95. The van der Waals surface area contributed by atoms with Crippen LogP contribution in [0.1, 0.15) is 38.2 Å². The first-order valence-corrected chi connectivity index (χ1v) is 13.0. The fourth-order valence-electron chi connectivity index (χ4n) is 3.91. The molecule has 0 aliphatic heterocycles. The molecule has 3 N–H and O–H groups in total. The van der Waals surface area contributed by atoms with Gasteiger partial charge >= 0.3 is 6.18 Å². The number of hydrogen-bond acceptors (Lipinski definition) is 7. The summed E-state index contributed by atoms with van der Waals surface area (Å²) in [5, 5.41) is 8.41. The van der Waals surface area contributed by atoms with Crippen LogP contribution in [-0.2, 0) is 21.0 Å². The highest BCUT2D eigenvalue weighted by molar-refractivity contribution is 7.88. The Kier molecular flexibility index (Phi) is 8.12. The van der Waals surface area contributed by atoms with Crippen molar-refractivity contribution in [3.05, 3.63) is 35.0 Å². The Hall–Kier alpha value is -2.64. The molecule has 0 radical (unpaired) electrons. The van der Waals surface area contributed by atoms with E-state index >= 15 is 0 Å². The average molecular weight is 535 g/mol. The molecule has 0 spiro atoms. The highest BCUT2D eigenvalue weighted by Gasteiger charge is 2.38. The van der Waals surface area contributed by atoms with E-state index in [9.17, 15) is 26.4 Å². The van der Waals surface area contributed by atoms with Gasteiger partial charge in [0.2, 0.25) is 21.9 Å². The summed E-state index contributed by atoms with van der Waals surface area (Å²) in [5.41, 5.74) is -0.297. The van der Waals surface area contributed by atoms with E-state index in [1.807, 2.05) is 0 Å². The lowest BCUT2D eigenvalue weighted by Gasteiger charge is -2.37. The maximum atomic E-state index is 13.7. The summed E-state index contributed by atoms with van der Waals surface area (Å²) in [5.74, 6) is -0.876. The van der Waals surface area contributed by atoms with E-state index in [0.717, 1.165) is 19.1 Å². The van der Waals surface area contributed by atoms with E-state index < -0.39 is 39.7 Å². The third-order valence-corrected chi connectivity index (χ3v) is 7.30. The predicted molar refractivity (Wildman–Crippen MR) is 128 cm³/mol. The first-order valence-electron chi connectivity index (χ1n) is 10.7. The third-order valence-electron chi connectivity index (χ3n) is 5.67. The van der Waals surface area contributed by atoms with E-state index in [4.69, 9.17) is 11.6 Å². The van der Waals surface area contributed by atoms with E-state index in [1.165, 1.54) is 30.4 Å². The van der Waals surface area contributed by atoms with Gasteiger partial charge in [-0.15, -0.1) is 0 Å². The number of hydrogen-bond donors (Lipinski definition) is 3. The van der Waals surface area contributed by atoms with E-state index in [2.05, 4.69) is 25.9 Å². The normalized spacial score (nSPS) is 18.9. The van der Waals surface area contributed by atoms with Gasteiger partial charge in [0, 0.05) is 37.9 Å². The molecule has 1 aliphatic carbocycles. The quantitative estimate of drug-likeness (QED) is 0.480. The minimum atomic E-state index is -4.73. The number of amides is 1. The minimum absolute atomic E-state index is 0.118. The van der Waals surface area contributed by atoms with Gasteiger partial charge in [-0.2, -0.15) is 18.2 Å². The number of aromatic nitrogens is 2. The van der Waals surface area contributed by atoms with Crippen LogP contribution in [0.4, 0.5) is 36.3 Å². The zero-order valence-electron chi connectivity index (χ0n) is 19.3. The molecule has 192 valence electrons. The van der Waals surface area contributed by atoms with Crippen molar-refractivity contribution in [1.29, 1.82) is 0 Å². The van der Waals surface area contributed by atoms with Gasteiger partial charge in [0.15, 0.2) is 0 Å². The standard InChI is InChI=1S/C21H26ClF3N6O3S/c1-12(32)27-16-9-8-13(10-15(16)22)28-20-26-11-14(21(23,24)25)19(30-20)29-17-6-4-5-7-18(17)31(2)35(3,33)34/h8-11,17-18H,4-7H2,1-3H3,(H,27,32)(H2,26,28,29,30)/t17-,18-/m1/s1. The molecule has 1 heterocycles. The largest absolute Gasteiger partial charge is 0.421 e. The number of rotatable bonds is 7. The summed E-state index contributed by atoms with van der Waals surface area (Å²) in [7, 11) is -2.12. The maximum Gasteiger partial charge on any atom is 0.421 e. The van der Waals surface area contributed by atoms with E-state index in [0.29, 0.717) is 30.4 Å². The van der Waals surface area contributed by atoms with Crippen LogP contribution < -0.4 is 16.0 Å². The highest BCUT2D eigenvalue weighted by atomic mass is 35.5. The maximum absolute atomic E-state index is 13.7. The first kappa shape index (κ1) is 27.0. The number of carbonyl (C=O) groups is 1. The number of sulfonamides is 1. The molecule has 9 nitrogen and oxygen atoms in total. The second kappa shape index (κ2) is 10.5. The van der Waals surface area contributed by atoms with Gasteiger partial charge in [0.1, 0.15) is 11.4 Å². The number of likely N-dealkylation sites (N-methyl/N-ethyl adjacent to an activating group) is 1. The lowest BCUT2D eigenvalue weighted by Crippen LogP contribution is -2.49. The Balaban J connectivity index is 1.90. The number of halogens is 4. The zero-order chi connectivity index (χ0) is 26.0. The van der Waals surface area contributed by atoms with Gasteiger partial charge in [0.05, 0.1) is 17.0 Å². The van der Waals surface area contributed by atoms with Crippen molar-refractivity contribution in [3.8, 4) is 0 Å². The Morgan fingerprint density at radius 3 is 2.51 bits per heavy atom. The predicted octanol–water partition coefficient (Wildman–Crippen LogP) is 4.47. The Morgan fingerprint density at radius 1 is 1.23 bits per heavy atom. The molecule has 0 saturated heterocycles. The van der Waals surface area contributed by atoms with Crippen LogP contribution in [0.3, 0.4) is 0 Å². The molecule has 1 aliphatic rings. The minimum Gasteiger partial charge on any atom is -0.365 e. The van der Waals surface area contributed by atoms with Gasteiger partial charge in [-0.25, -0.2) is 17.7 Å². The SMILES string of the molecule is CC(=O)Nc1ccc(Nc2ncc(C(F)(F)F)c(N[C@@H]3CCCC[C@H]3N(C)S(C)(=O)=O)n2)cc1Cl. The van der Waals surface area contributed by atoms with Gasteiger partial charge in [-0.3, -0.25) is 4.79 Å². The van der Waals surface area contributed by atoms with Crippen molar-refractivity contribution in [2.24, 2.45) is 0 Å². The molecule has 0 bridgehead atoms. The summed E-state index contributed by atoms with van der Waals surface area (Å²) in [6.45, 7) is 1.33. The zero-order valence-corrected chi connectivity index (χ0v) is 20.9. The van der Waals surface area contributed by atoms with E-state index in [-0.39, 0.29) is 16.9 Å². The second-order valence-electron chi connectivity index (χ2n) is 8.34. The van der Waals surface area contributed by atoms with Crippen molar-refractivity contribution in [2.75, 3.05) is 29.3 Å². The number of nitrogens with one attached hydrogen (secondary N) is 3. The first-order chi connectivity index (χ1) is 16.3. The van der Waals surface area contributed by atoms with Gasteiger partial charge < -0.3 is 16.0 Å². The van der Waals surface area contributed by atoms with Crippen LogP contribution in [0, 0.1) is 0 Å². The van der Waals surface area contributed by atoms with Gasteiger partial charge in [-0.1, -0.05) is 24.4 Å². The lowest BCUT2D eigenvalue weighted by molar-refractivity contribution is -0.137. The fourth-order valence-corrected chi connectivity index (χ4v) is 4.88. The molecule has 0 unspecified atom stereocenters. The van der Waals surface area contributed by atoms with Crippen molar-refractivity contribution in [2.45, 2.75) is 50.9 Å². The summed E-state index contributed by atoms with van der Waals surface area (Å²) < 4.78 is 66.5. The van der Waals surface area contributed by atoms with Crippen molar-refractivity contribution < 1.29 is 26.4 Å². The van der Waals surface area contributed by atoms with Crippen LogP contribution in [0.5, 0.6) is 0 Å². The Labute approximate surface area is 206 Å². The Bertz CT molecular complexity index is 1200. The number of benzene rings is 1. The van der Waals surface area contributed by atoms with Crippen LogP contribution in [0.2, 0.25) is 5.02 Å². The van der Waals surface area contributed by atoms with Crippen LogP contribution in [0.25, 0.3) is 0 Å². The van der Waals surface area contributed by atoms with E-state index in [1.54, 1.807) is 6.07 Å². The smallest absolute Gasteiger partial charge is 0.365 e. The molecular formula is C21H26ClF3N6O3S. The molecule has 2 atom stereocenters. The molecule has 3 rings (SSSR count). The molecular weight excluding hydrogens is 509 g/mol. The lowest BCUT2D eigenvalue weighted by atomic mass is 9.90. The summed E-state index contributed by atoms with van der Waals surface area (Å²) in [6.07, 6.45) is -0.495. The van der Waals surface area contributed by atoms with Crippen LogP contribution in [-0.4, -0.2) is 54.0 Å². The van der Waals surface area contributed by atoms with Gasteiger partial charge in [-0.05, 0) is 31.0 Å². The summed E-state index contributed by atoms with van der Waals surface area (Å²) in [6, 6.07) is 3.47. The van der Waals surface area contributed by atoms with Crippen molar-refractivity contribution in [1.82, 2.24) is 14.3 Å². The van der Waals surface area contributed by atoms with Crippen LogP contribution >= 0.6 is 11.6 Å². The average Bonchev–Trinajstić information content (AvgIpc) is 2.74. The number of anilines is 4. The van der Waals surface area contributed by atoms with Gasteiger partial charge in [0.25, 0.3) is 0 Å². The Morgan fingerprint density at radius 2 is 1.91 bits per heavy atom. The molecule has 1 fully saturated rings. The molecule has 1 aromatic heterocycles. The molecule has 1 amide bonds. The van der Waals surface area contributed by atoms with Crippen LogP contribution in [0.15, 0.2) is 24.4 Å². The van der Waals surface area contributed by atoms with Crippen molar-refractivity contribution >= 4 is 50.7 Å². The summed E-state index contributed by atoms with van der Waals surface area (Å²) >= 11 is 6.16. The summed E-state index contributed by atoms with van der Waals surface area (Å²) in [4.78, 5) is 19.1. The molecule has 35 heavy (non-hydrogen) atoms. The van der Waals surface area contributed by atoms with Crippen molar-refractivity contribution in [3.63, 3.8) is 0 Å². The molecule has 2 aromatic rings. The molecule has 1 saturated carbocycles. The molecule has 14 heteroatoms. The topological polar surface area (TPSA) is 116 Å².